The average Bonchev–Trinajstić information content (AvgIpc) is 3.08. The summed E-state index contributed by atoms with van der Waals surface area (Å²) in [4.78, 5) is 16.1. The molecule has 0 saturated carbocycles. The first-order valence-electron chi connectivity index (χ1n) is 8.72. The fraction of sp³-hybridized carbons (Fsp3) is 0.350. The second-order valence-corrected chi connectivity index (χ2v) is 8.11. The summed E-state index contributed by atoms with van der Waals surface area (Å²) in [5.41, 5.74) is 0. The molecular weight excluding hydrogens is 316 g/mol. The maximum Gasteiger partial charge on any atom is 0.261 e. The minimum atomic E-state index is 0.0963. The van der Waals surface area contributed by atoms with E-state index in [-0.39, 0.29) is 5.91 Å². The lowest BCUT2D eigenvalue weighted by Gasteiger charge is -2.44. The van der Waals surface area contributed by atoms with Gasteiger partial charge in [0, 0.05) is 22.7 Å². The number of rotatable bonds is 2. The minimum absolute atomic E-state index is 0.0963. The maximum atomic E-state index is 12.8. The summed E-state index contributed by atoms with van der Waals surface area (Å²) in [6.07, 6.45) is 2.45. The molecule has 0 radical (unpaired) electrons. The molecule has 3 aliphatic rings. The van der Waals surface area contributed by atoms with Crippen LogP contribution in [0.1, 0.15) is 22.5 Å². The van der Waals surface area contributed by atoms with Crippen LogP contribution < -0.4 is 5.32 Å². The van der Waals surface area contributed by atoms with Gasteiger partial charge in [-0.2, -0.15) is 0 Å². The number of carbonyl (C=O) groups is 1. The molecule has 1 N–H and O–H groups in total. The van der Waals surface area contributed by atoms with E-state index in [9.17, 15) is 4.79 Å². The SMILES string of the molecule is O=C(NC1CN2CCC1CC2)c1cc2c(ccc3ccccc32)s1. The number of hydrogen-bond donors (Lipinski definition) is 1. The number of amides is 1. The predicted molar refractivity (Wildman–Crippen MR) is 99.7 cm³/mol. The third kappa shape index (κ3) is 2.33. The molecule has 122 valence electrons. The van der Waals surface area contributed by atoms with Crippen LogP contribution in [0, 0.1) is 5.92 Å². The lowest BCUT2D eigenvalue weighted by molar-refractivity contribution is 0.0622. The second-order valence-electron chi connectivity index (χ2n) is 7.03. The number of carbonyl (C=O) groups excluding carboxylic acids is 1. The number of benzene rings is 2. The van der Waals surface area contributed by atoms with Gasteiger partial charge in [0.1, 0.15) is 0 Å². The van der Waals surface area contributed by atoms with Crippen LogP contribution in [0.15, 0.2) is 42.5 Å². The van der Waals surface area contributed by atoms with Crippen LogP contribution in [0.5, 0.6) is 0 Å². The van der Waals surface area contributed by atoms with Crippen molar-refractivity contribution < 1.29 is 4.79 Å². The third-order valence-electron chi connectivity index (χ3n) is 5.62. The lowest BCUT2D eigenvalue weighted by Crippen LogP contribution is -2.57. The average molecular weight is 336 g/mol. The van der Waals surface area contributed by atoms with Gasteiger partial charge >= 0.3 is 0 Å². The predicted octanol–water partition coefficient (Wildman–Crippen LogP) is 3.88. The topological polar surface area (TPSA) is 32.3 Å². The van der Waals surface area contributed by atoms with Gasteiger partial charge in [0.05, 0.1) is 4.88 Å². The Hall–Kier alpha value is -1.91. The molecule has 1 unspecified atom stereocenters. The molecule has 2 bridgehead atoms. The fourth-order valence-corrected chi connectivity index (χ4v) is 5.25. The van der Waals surface area contributed by atoms with Crippen LogP contribution in [-0.2, 0) is 0 Å². The van der Waals surface area contributed by atoms with E-state index in [0.717, 1.165) is 11.4 Å². The van der Waals surface area contributed by atoms with E-state index >= 15 is 0 Å². The molecule has 1 aromatic heterocycles. The number of thiophene rings is 1. The molecule has 0 spiro atoms. The molecule has 4 heteroatoms. The lowest BCUT2D eigenvalue weighted by atomic mass is 9.84. The number of nitrogens with one attached hydrogen (secondary N) is 1. The first-order chi connectivity index (χ1) is 11.8. The summed E-state index contributed by atoms with van der Waals surface area (Å²) >= 11 is 1.60. The van der Waals surface area contributed by atoms with Crippen LogP contribution in [0.4, 0.5) is 0 Å². The van der Waals surface area contributed by atoms with Crippen molar-refractivity contribution in [3.05, 3.63) is 47.3 Å². The number of hydrogen-bond acceptors (Lipinski definition) is 3. The molecule has 24 heavy (non-hydrogen) atoms. The Morgan fingerprint density at radius 2 is 1.92 bits per heavy atom. The molecule has 3 aromatic rings. The van der Waals surface area contributed by atoms with Crippen LogP contribution in [-0.4, -0.2) is 36.5 Å². The molecule has 4 heterocycles. The zero-order valence-corrected chi connectivity index (χ0v) is 14.3. The van der Waals surface area contributed by atoms with Crippen LogP contribution in [0.25, 0.3) is 20.9 Å². The van der Waals surface area contributed by atoms with E-state index in [0.29, 0.717) is 12.0 Å². The van der Waals surface area contributed by atoms with Gasteiger partial charge in [-0.05, 0) is 54.8 Å². The minimum Gasteiger partial charge on any atom is -0.347 e. The molecule has 1 atom stereocenters. The zero-order chi connectivity index (χ0) is 16.1. The molecular formula is C20H20N2OS. The van der Waals surface area contributed by atoms with Crippen molar-refractivity contribution in [1.82, 2.24) is 10.2 Å². The van der Waals surface area contributed by atoms with Gasteiger partial charge in [-0.25, -0.2) is 0 Å². The van der Waals surface area contributed by atoms with E-state index in [1.165, 1.54) is 46.8 Å². The molecule has 3 nitrogen and oxygen atoms in total. The van der Waals surface area contributed by atoms with Gasteiger partial charge in [0.15, 0.2) is 0 Å². The summed E-state index contributed by atoms with van der Waals surface area (Å²) in [5, 5.41) is 6.96. The monoisotopic (exact) mass is 336 g/mol. The van der Waals surface area contributed by atoms with Crippen LogP contribution in [0.2, 0.25) is 0 Å². The molecule has 2 aromatic carbocycles. The van der Waals surface area contributed by atoms with Crippen molar-refractivity contribution in [2.24, 2.45) is 5.92 Å². The number of piperidine rings is 3. The van der Waals surface area contributed by atoms with Crippen LogP contribution >= 0.6 is 11.3 Å². The second kappa shape index (κ2) is 5.57. The fourth-order valence-electron chi connectivity index (χ4n) is 4.27. The Morgan fingerprint density at radius 1 is 1.08 bits per heavy atom. The standard InChI is InChI=1S/C20H20N2OS/c23-20(21-17-12-22-9-7-14(17)8-10-22)19-11-16-15-4-2-1-3-13(15)5-6-18(16)24-19/h1-6,11,14,17H,7-10,12H2,(H,21,23). The third-order valence-corrected chi connectivity index (χ3v) is 6.72. The van der Waals surface area contributed by atoms with E-state index in [4.69, 9.17) is 0 Å². The first-order valence-corrected chi connectivity index (χ1v) is 9.54. The Balaban J connectivity index is 1.46. The van der Waals surface area contributed by atoms with E-state index in [2.05, 4.69) is 52.7 Å². The molecule has 3 aliphatic heterocycles. The Bertz CT molecular complexity index is 924. The van der Waals surface area contributed by atoms with Crippen molar-refractivity contribution in [2.75, 3.05) is 19.6 Å². The van der Waals surface area contributed by atoms with Crippen molar-refractivity contribution in [2.45, 2.75) is 18.9 Å². The first kappa shape index (κ1) is 14.4. The summed E-state index contributed by atoms with van der Waals surface area (Å²) in [5.74, 6) is 0.758. The van der Waals surface area contributed by atoms with Crippen molar-refractivity contribution in [1.29, 1.82) is 0 Å². The Kier molecular flexibility index (Phi) is 3.35. The summed E-state index contributed by atoms with van der Waals surface area (Å²) in [7, 11) is 0. The van der Waals surface area contributed by atoms with Crippen molar-refractivity contribution >= 4 is 38.1 Å². The smallest absolute Gasteiger partial charge is 0.261 e. The Labute approximate surface area is 145 Å². The normalized spacial score (nSPS) is 26.1. The molecule has 3 fully saturated rings. The highest BCUT2D eigenvalue weighted by Crippen LogP contribution is 2.33. The quantitative estimate of drug-likeness (QED) is 0.770. The summed E-state index contributed by atoms with van der Waals surface area (Å²) in [6, 6.07) is 15.0. The molecule has 6 rings (SSSR count). The van der Waals surface area contributed by atoms with Crippen molar-refractivity contribution in [3.8, 4) is 0 Å². The molecule has 3 saturated heterocycles. The van der Waals surface area contributed by atoms with E-state index in [1.54, 1.807) is 11.3 Å². The summed E-state index contributed by atoms with van der Waals surface area (Å²) in [6.45, 7) is 3.42. The van der Waals surface area contributed by atoms with Gasteiger partial charge in [0.25, 0.3) is 5.91 Å². The largest absolute Gasteiger partial charge is 0.347 e. The van der Waals surface area contributed by atoms with E-state index < -0.39 is 0 Å². The highest BCUT2D eigenvalue weighted by Gasteiger charge is 2.35. The van der Waals surface area contributed by atoms with Crippen LogP contribution in [0.3, 0.4) is 0 Å². The zero-order valence-electron chi connectivity index (χ0n) is 13.5. The highest BCUT2D eigenvalue weighted by molar-refractivity contribution is 7.21. The molecule has 1 amide bonds. The van der Waals surface area contributed by atoms with Gasteiger partial charge < -0.3 is 10.2 Å². The van der Waals surface area contributed by atoms with E-state index in [1.807, 2.05) is 0 Å². The van der Waals surface area contributed by atoms with Gasteiger partial charge in [-0.1, -0.05) is 30.3 Å². The van der Waals surface area contributed by atoms with Crippen molar-refractivity contribution in [3.63, 3.8) is 0 Å². The summed E-state index contributed by atoms with van der Waals surface area (Å²) < 4.78 is 1.19. The highest BCUT2D eigenvalue weighted by atomic mass is 32.1. The number of nitrogens with zero attached hydrogens (tertiary/aromatic N) is 1. The van der Waals surface area contributed by atoms with Gasteiger partial charge in [-0.15, -0.1) is 11.3 Å². The van der Waals surface area contributed by atoms with Gasteiger partial charge in [0.2, 0.25) is 0 Å². The molecule has 0 aliphatic carbocycles. The maximum absolute atomic E-state index is 12.8. The van der Waals surface area contributed by atoms with Gasteiger partial charge in [-0.3, -0.25) is 4.79 Å². The Morgan fingerprint density at radius 3 is 2.71 bits per heavy atom. The number of fused-ring (bicyclic) bond motifs is 6.